The zero-order valence-electron chi connectivity index (χ0n) is 18.6. The highest BCUT2D eigenvalue weighted by atomic mass is 32.2. The molecule has 2 aliphatic carbocycles. The van der Waals surface area contributed by atoms with Crippen molar-refractivity contribution in [1.82, 2.24) is 0 Å². The Morgan fingerprint density at radius 1 is 0.867 bits per heavy atom. The van der Waals surface area contributed by atoms with E-state index in [4.69, 9.17) is 0 Å². The maximum absolute atomic E-state index is 14.6. The van der Waals surface area contributed by atoms with Crippen molar-refractivity contribution >= 4 is 10.8 Å². The molecule has 2 fully saturated rings. The molecule has 1 nitrogen and oxygen atoms in total. The van der Waals surface area contributed by atoms with E-state index in [2.05, 4.69) is 6.92 Å². The van der Waals surface area contributed by atoms with Crippen LogP contribution in [-0.2, 0) is 10.8 Å². The summed E-state index contributed by atoms with van der Waals surface area (Å²) < 4.78 is 41.3. The van der Waals surface area contributed by atoms with Crippen molar-refractivity contribution in [3.63, 3.8) is 0 Å². The average Bonchev–Trinajstić information content (AvgIpc) is 2.80. The van der Waals surface area contributed by atoms with E-state index in [1.165, 1.54) is 64.2 Å². The smallest absolute Gasteiger partial charge is 0.210 e. The summed E-state index contributed by atoms with van der Waals surface area (Å²) in [6, 6.07) is 8.44. The number of alkyl halides is 2. The number of hydrogen-bond acceptors (Lipinski definition) is 1. The van der Waals surface area contributed by atoms with Gasteiger partial charge in [-0.25, -0.2) is 8.78 Å². The zero-order chi connectivity index (χ0) is 21.3. The lowest BCUT2D eigenvalue weighted by Crippen LogP contribution is -2.29. The van der Waals surface area contributed by atoms with E-state index in [0.717, 1.165) is 30.6 Å². The van der Waals surface area contributed by atoms with E-state index in [9.17, 15) is 13.0 Å². The predicted octanol–water partition coefficient (Wildman–Crippen LogP) is 8.01. The first-order chi connectivity index (χ1) is 14.6. The van der Waals surface area contributed by atoms with Gasteiger partial charge in [-0.1, -0.05) is 76.5 Å². The van der Waals surface area contributed by atoms with Gasteiger partial charge in [0.25, 0.3) is 0 Å². The molecular formula is C26H40F2OS. The monoisotopic (exact) mass is 438 g/mol. The van der Waals surface area contributed by atoms with Crippen LogP contribution in [0.2, 0.25) is 0 Å². The van der Waals surface area contributed by atoms with E-state index >= 15 is 0 Å². The lowest BCUT2D eigenvalue weighted by molar-refractivity contribution is 0.119. The van der Waals surface area contributed by atoms with Gasteiger partial charge in [-0.2, -0.15) is 0 Å². The van der Waals surface area contributed by atoms with E-state index < -0.39 is 22.5 Å². The zero-order valence-corrected chi connectivity index (χ0v) is 19.4. The van der Waals surface area contributed by atoms with Crippen LogP contribution >= 0.6 is 0 Å². The first-order valence-corrected chi connectivity index (χ1v) is 13.5. The summed E-state index contributed by atoms with van der Waals surface area (Å²) in [6.45, 7) is 2.27. The fraction of sp³-hybridized carbons (Fsp3) is 0.769. The van der Waals surface area contributed by atoms with Crippen LogP contribution in [0, 0.1) is 23.7 Å². The molecule has 1 aromatic rings. The molecule has 0 aromatic heterocycles. The minimum absolute atomic E-state index is 0.219. The molecule has 3 rings (SSSR count). The van der Waals surface area contributed by atoms with Gasteiger partial charge in [0.05, 0.1) is 10.8 Å². The normalized spacial score (nSPS) is 30.5. The minimum atomic E-state index is -1.92. The van der Waals surface area contributed by atoms with Gasteiger partial charge in [-0.15, -0.1) is 0 Å². The van der Waals surface area contributed by atoms with Gasteiger partial charge in [-0.05, 0) is 67.9 Å². The Labute approximate surface area is 184 Å². The molecule has 2 saturated carbocycles. The molecule has 0 bridgehead atoms. The number of unbranched alkanes of at least 4 members (excludes halogenated alkanes) is 2. The molecule has 3 unspecified atom stereocenters. The van der Waals surface area contributed by atoms with Gasteiger partial charge in [0.15, 0.2) is 0 Å². The van der Waals surface area contributed by atoms with Crippen LogP contribution in [0.15, 0.2) is 35.2 Å². The first kappa shape index (κ1) is 23.9. The molecule has 0 spiro atoms. The Morgan fingerprint density at radius 3 is 2.00 bits per heavy atom. The van der Waals surface area contributed by atoms with Crippen LogP contribution in [0.3, 0.4) is 0 Å². The van der Waals surface area contributed by atoms with Gasteiger partial charge >= 0.3 is 0 Å². The standard InChI is InChI=1S/C26H40F2OS/c1-2-3-5-8-20-11-15-22(16-12-20)23-17-13-21(14-18-23)19-25(27)26(28)30(29)24-9-6-4-7-10-24/h4,6-7,9-10,20-23,25-26H,2-3,5,8,11-19H2,1H3. The molecule has 0 saturated heterocycles. The largest absolute Gasteiger partial charge is 0.251 e. The van der Waals surface area contributed by atoms with E-state index in [-0.39, 0.29) is 12.3 Å². The molecular weight excluding hydrogens is 398 g/mol. The maximum Gasteiger partial charge on any atom is 0.210 e. The highest BCUT2D eigenvalue weighted by Gasteiger charge is 2.34. The average molecular weight is 439 g/mol. The Kier molecular flexibility index (Phi) is 9.80. The fourth-order valence-electron chi connectivity index (χ4n) is 5.77. The van der Waals surface area contributed by atoms with Crippen LogP contribution < -0.4 is 0 Å². The van der Waals surface area contributed by atoms with Gasteiger partial charge in [0.2, 0.25) is 5.50 Å². The Morgan fingerprint density at radius 2 is 1.43 bits per heavy atom. The third-order valence-electron chi connectivity index (χ3n) is 7.69. The summed E-state index contributed by atoms with van der Waals surface area (Å²) in [6.07, 6.45) is 14.0. The molecule has 0 aliphatic heterocycles. The lowest BCUT2D eigenvalue weighted by atomic mass is 9.68. The summed E-state index contributed by atoms with van der Waals surface area (Å²) in [5.41, 5.74) is -1.92. The number of rotatable bonds is 10. The van der Waals surface area contributed by atoms with Gasteiger partial charge < -0.3 is 0 Å². The van der Waals surface area contributed by atoms with Crippen LogP contribution in [0.25, 0.3) is 0 Å². The van der Waals surface area contributed by atoms with Crippen molar-refractivity contribution < 1.29 is 13.0 Å². The van der Waals surface area contributed by atoms with Crippen molar-refractivity contribution in [3.05, 3.63) is 30.3 Å². The minimum Gasteiger partial charge on any atom is -0.251 e. The first-order valence-electron chi connectivity index (χ1n) is 12.3. The highest BCUT2D eigenvalue weighted by Crippen LogP contribution is 2.43. The maximum atomic E-state index is 14.6. The molecule has 170 valence electrons. The van der Waals surface area contributed by atoms with Crippen molar-refractivity contribution in [3.8, 4) is 0 Å². The van der Waals surface area contributed by atoms with E-state index in [1.54, 1.807) is 30.3 Å². The molecule has 30 heavy (non-hydrogen) atoms. The number of hydrogen-bond donors (Lipinski definition) is 0. The molecule has 1 aromatic carbocycles. The summed E-state index contributed by atoms with van der Waals surface area (Å²) in [5.74, 6) is 2.83. The van der Waals surface area contributed by atoms with Crippen LogP contribution in [0.4, 0.5) is 8.78 Å². The lowest BCUT2D eigenvalue weighted by Gasteiger charge is -2.38. The topological polar surface area (TPSA) is 17.1 Å². The SMILES string of the molecule is CCCCCC1CCC(C2CCC(CC(F)C(F)S(=O)c3ccccc3)CC2)CC1. The van der Waals surface area contributed by atoms with Gasteiger partial charge in [-0.3, -0.25) is 4.21 Å². The predicted molar refractivity (Wildman–Crippen MR) is 122 cm³/mol. The molecule has 0 amide bonds. The summed E-state index contributed by atoms with van der Waals surface area (Å²) in [7, 11) is -1.92. The molecule has 3 atom stereocenters. The van der Waals surface area contributed by atoms with Gasteiger partial charge in [0.1, 0.15) is 6.17 Å². The van der Waals surface area contributed by atoms with E-state index in [0.29, 0.717) is 4.90 Å². The van der Waals surface area contributed by atoms with Crippen molar-refractivity contribution in [1.29, 1.82) is 0 Å². The third-order valence-corrected chi connectivity index (χ3v) is 9.13. The number of benzene rings is 1. The second-order valence-electron chi connectivity index (χ2n) is 9.77. The molecule has 0 radical (unpaired) electrons. The van der Waals surface area contributed by atoms with Crippen molar-refractivity contribution in [2.45, 2.75) is 107 Å². The van der Waals surface area contributed by atoms with Crippen molar-refractivity contribution in [2.24, 2.45) is 23.7 Å². The van der Waals surface area contributed by atoms with Crippen molar-refractivity contribution in [2.75, 3.05) is 0 Å². The Hall–Kier alpha value is -0.770. The van der Waals surface area contributed by atoms with Crippen LogP contribution in [0.5, 0.6) is 0 Å². The van der Waals surface area contributed by atoms with Crippen LogP contribution in [0.1, 0.15) is 90.4 Å². The molecule has 0 heterocycles. The Bertz CT molecular complexity index is 621. The summed E-state index contributed by atoms with van der Waals surface area (Å²) >= 11 is 0. The highest BCUT2D eigenvalue weighted by molar-refractivity contribution is 7.85. The summed E-state index contributed by atoms with van der Waals surface area (Å²) in [4.78, 5) is 0.377. The quantitative estimate of drug-likeness (QED) is 0.338. The van der Waals surface area contributed by atoms with E-state index in [1.807, 2.05) is 0 Å². The molecule has 4 heteroatoms. The van der Waals surface area contributed by atoms with Crippen LogP contribution in [-0.4, -0.2) is 15.9 Å². The number of halogens is 2. The summed E-state index contributed by atoms with van der Waals surface area (Å²) in [5, 5.41) is 0. The second kappa shape index (κ2) is 12.3. The Balaban J connectivity index is 1.37. The fourth-order valence-corrected chi connectivity index (χ4v) is 6.84. The third kappa shape index (κ3) is 6.87. The molecule has 0 N–H and O–H groups in total. The second-order valence-corrected chi connectivity index (χ2v) is 11.3. The van der Waals surface area contributed by atoms with Gasteiger partial charge in [0, 0.05) is 4.90 Å². The molecule has 2 aliphatic rings.